The number of esters is 1. The largest absolute Gasteiger partial charge is 0.481 e. The lowest BCUT2D eigenvalue weighted by Crippen LogP contribution is -2.15. The maximum absolute atomic E-state index is 11.2. The van der Waals surface area contributed by atoms with Gasteiger partial charge >= 0.3 is 5.97 Å². The number of carbonyl (C=O) groups is 2. The van der Waals surface area contributed by atoms with E-state index in [0.717, 1.165) is 0 Å². The van der Waals surface area contributed by atoms with Crippen molar-refractivity contribution in [2.24, 2.45) is 5.10 Å². The fourth-order valence-electron chi connectivity index (χ4n) is 1.25. The number of nitrogens with zero attached hydrogens (tertiary/aromatic N) is 1. The zero-order chi connectivity index (χ0) is 14.1. The molecule has 0 aliphatic heterocycles. The molecule has 0 spiro atoms. The maximum Gasteiger partial charge on any atom is 0.344 e. The van der Waals surface area contributed by atoms with Crippen LogP contribution >= 0.6 is 0 Å². The molecule has 0 radical (unpaired) electrons. The minimum Gasteiger partial charge on any atom is -0.481 e. The van der Waals surface area contributed by atoms with Crippen molar-refractivity contribution in [3.8, 4) is 5.75 Å². The number of hydrazone groups is 1. The molecule has 0 bridgehead atoms. The Hall–Kier alpha value is -2.37. The van der Waals surface area contributed by atoms with E-state index in [0.29, 0.717) is 17.9 Å². The normalized spacial score (nSPS) is 10.2. The van der Waals surface area contributed by atoms with E-state index in [4.69, 9.17) is 9.47 Å². The summed E-state index contributed by atoms with van der Waals surface area (Å²) in [5, 5.41) is 3.74. The smallest absolute Gasteiger partial charge is 0.344 e. The Morgan fingerprint density at radius 3 is 2.79 bits per heavy atom. The van der Waals surface area contributed by atoms with Crippen molar-refractivity contribution in [3.63, 3.8) is 0 Å². The molecule has 0 fully saturated rings. The van der Waals surface area contributed by atoms with Gasteiger partial charge in [-0.3, -0.25) is 4.79 Å². The van der Waals surface area contributed by atoms with Crippen LogP contribution in [0.2, 0.25) is 0 Å². The Labute approximate surface area is 111 Å². The molecule has 1 N–H and O–H groups in total. The molecule has 0 aromatic heterocycles. The molecule has 1 aromatic carbocycles. The molecule has 6 heteroatoms. The first-order valence-corrected chi connectivity index (χ1v) is 5.80. The molecule has 19 heavy (non-hydrogen) atoms. The molecular weight excluding hydrogens is 248 g/mol. The fourth-order valence-corrected chi connectivity index (χ4v) is 1.25. The summed E-state index contributed by atoms with van der Waals surface area (Å²) in [5.41, 5.74) is 2.94. The van der Waals surface area contributed by atoms with Gasteiger partial charge < -0.3 is 9.47 Å². The van der Waals surface area contributed by atoms with Gasteiger partial charge in [0.15, 0.2) is 6.61 Å². The lowest BCUT2D eigenvalue weighted by atomic mass is 10.2. The van der Waals surface area contributed by atoms with Crippen LogP contribution in [0.5, 0.6) is 5.75 Å². The molecule has 0 saturated carbocycles. The summed E-state index contributed by atoms with van der Waals surface area (Å²) in [5.74, 6) is -0.207. The van der Waals surface area contributed by atoms with E-state index in [2.05, 4.69) is 10.5 Å². The molecule has 0 saturated heterocycles. The lowest BCUT2D eigenvalue weighted by molar-refractivity contribution is -0.145. The summed E-state index contributed by atoms with van der Waals surface area (Å²) in [6, 6.07) is 7.03. The predicted molar refractivity (Wildman–Crippen MR) is 70.0 cm³/mol. The average Bonchev–Trinajstić information content (AvgIpc) is 2.37. The van der Waals surface area contributed by atoms with Crippen molar-refractivity contribution in [2.45, 2.75) is 13.8 Å². The van der Waals surface area contributed by atoms with Crippen LogP contribution in [0, 0.1) is 0 Å². The van der Waals surface area contributed by atoms with Gasteiger partial charge in [-0.1, -0.05) is 12.1 Å². The first-order chi connectivity index (χ1) is 9.13. The van der Waals surface area contributed by atoms with Crippen LogP contribution in [0.25, 0.3) is 0 Å². The average molecular weight is 264 g/mol. The van der Waals surface area contributed by atoms with E-state index in [-0.39, 0.29) is 12.5 Å². The van der Waals surface area contributed by atoms with Crippen molar-refractivity contribution < 1.29 is 19.1 Å². The van der Waals surface area contributed by atoms with Crippen LogP contribution in [-0.4, -0.2) is 31.3 Å². The molecule has 0 atom stereocenters. The first kappa shape index (κ1) is 14.7. The van der Waals surface area contributed by atoms with Gasteiger partial charge in [-0.2, -0.15) is 5.10 Å². The van der Waals surface area contributed by atoms with Gasteiger partial charge in [0.1, 0.15) is 5.75 Å². The standard InChI is InChI=1S/C13H16N2O4/c1-3-18-13(17)9-19-12-7-5-4-6-11(12)8-14-15-10(2)16/h4-8H,3,9H2,1-2H3,(H,15,16)/b14-8-. The molecule has 0 heterocycles. The van der Waals surface area contributed by atoms with Crippen molar-refractivity contribution >= 4 is 18.1 Å². The SMILES string of the molecule is CCOC(=O)COc1ccccc1/C=N\NC(C)=O. The quantitative estimate of drug-likeness (QED) is 0.474. The summed E-state index contributed by atoms with van der Waals surface area (Å²) in [6.07, 6.45) is 1.45. The number of hydrogen-bond acceptors (Lipinski definition) is 5. The minimum atomic E-state index is -0.434. The van der Waals surface area contributed by atoms with Gasteiger partial charge in [0, 0.05) is 12.5 Å². The number of rotatable bonds is 6. The second kappa shape index (κ2) is 7.86. The third-order valence-electron chi connectivity index (χ3n) is 2.00. The van der Waals surface area contributed by atoms with Crippen molar-refractivity contribution in [1.82, 2.24) is 5.43 Å². The number of nitrogens with one attached hydrogen (secondary N) is 1. The number of carbonyl (C=O) groups excluding carboxylic acids is 2. The summed E-state index contributed by atoms with van der Waals surface area (Å²) in [6.45, 7) is 3.24. The number of benzene rings is 1. The highest BCUT2D eigenvalue weighted by atomic mass is 16.6. The Bertz CT molecular complexity index is 471. The number of para-hydroxylation sites is 1. The van der Waals surface area contributed by atoms with E-state index >= 15 is 0 Å². The topological polar surface area (TPSA) is 77.0 Å². The zero-order valence-electron chi connectivity index (χ0n) is 10.9. The van der Waals surface area contributed by atoms with Crippen LogP contribution in [0.1, 0.15) is 19.4 Å². The molecule has 1 rings (SSSR count). The van der Waals surface area contributed by atoms with Crippen LogP contribution in [0.3, 0.4) is 0 Å². The summed E-state index contributed by atoms with van der Waals surface area (Å²) >= 11 is 0. The molecule has 6 nitrogen and oxygen atoms in total. The molecule has 1 aromatic rings. The van der Waals surface area contributed by atoms with Crippen LogP contribution < -0.4 is 10.2 Å². The van der Waals surface area contributed by atoms with Gasteiger partial charge in [0.25, 0.3) is 0 Å². The predicted octanol–water partition coefficient (Wildman–Crippen LogP) is 1.10. The highest BCUT2D eigenvalue weighted by molar-refractivity contribution is 5.85. The van der Waals surface area contributed by atoms with Crippen molar-refractivity contribution in [1.29, 1.82) is 0 Å². The number of hydrogen-bond donors (Lipinski definition) is 1. The van der Waals surface area contributed by atoms with Crippen molar-refractivity contribution in [2.75, 3.05) is 13.2 Å². The van der Waals surface area contributed by atoms with Crippen molar-refractivity contribution in [3.05, 3.63) is 29.8 Å². The Kier molecular flexibility index (Phi) is 6.08. The van der Waals surface area contributed by atoms with Crippen LogP contribution in [0.15, 0.2) is 29.4 Å². The summed E-state index contributed by atoms with van der Waals surface area (Å²) in [4.78, 5) is 21.9. The third kappa shape index (κ3) is 5.67. The number of ether oxygens (including phenoxy) is 2. The van der Waals surface area contributed by atoms with E-state index in [9.17, 15) is 9.59 Å². The Balaban J connectivity index is 2.65. The lowest BCUT2D eigenvalue weighted by Gasteiger charge is -2.08. The Morgan fingerprint density at radius 2 is 2.11 bits per heavy atom. The monoisotopic (exact) mass is 264 g/mol. The maximum atomic E-state index is 11.2. The second-order valence-electron chi connectivity index (χ2n) is 3.56. The number of amides is 1. The van der Waals surface area contributed by atoms with Gasteiger partial charge in [-0.05, 0) is 19.1 Å². The van der Waals surface area contributed by atoms with E-state index < -0.39 is 5.97 Å². The molecule has 0 unspecified atom stereocenters. The zero-order valence-corrected chi connectivity index (χ0v) is 10.9. The van der Waals surface area contributed by atoms with Crippen LogP contribution in [-0.2, 0) is 14.3 Å². The molecular formula is C13H16N2O4. The second-order valence-corrected chi connectivity index (χ2v) is 3.56. The summed E-state index contributed by atoms with van der Waals surface area (Å²) in [7, 11) is 0. The fraction of sp³-hybridized carbons (Fsp3) is 0.308. The van der Waals surface area contributed by atoms with Gasteiger partial charge in [0.05, 0.1) is 12.8 Å². The Morgan fingerprint density at radius 1 is 1.37 bits per heavy atom. The highest BCUT2D eigenvalue weighted by Crippen LogP contribution is 2.15. The van der Waals surface area contributed by atoms with Gasteiger partial charge in [0.2, 0.25) is 5.91 Å². The highest BCUT2D eigenvalue weighted by Gasteiger charge is 2.05. The molecule has 102 valence electrons. The summed E-state index contributed by atoms with van der Waals surface area (Å²) < 4.78 is 10.1. The molecule has 0 aliphatic rings. The van der Waals surface area contributed by atoms with Gasteiger partial charge in [-0.25, -0.2) is 10.2 Å². The minimum absolute atomic E-state index is 0.168. The van der Waals surface area contributed by atoms with E-state index in [1.165, 1.54) is 13.1 Å². The van der Waals surface area contributed by atoms with Crippen LogP contribution in [0.4, 0.5) is 0 Å². The molecule has 0 aliphatic carbocycles. The van der Waals surface area contributed by atoms with E-state index in [1.807, 2.05) is 0 Å². The van der Waals surface area contributed by atoms with E-state index in [1.54, 1.807) is 31.2 Å². The first-order valence-electron chi connectivity index (χ1n) is 5.80. The molecule has 1 amide bonds. The van der Waals surface area contributed by atoms with Gasteiger partial charge in [-0.15, -0.1) is 0 Å². The third-order valence-corrected chi connectivity index (χ3v) is 2.00.